The van der Waals surface area contributed by atoms with Crippen molar-refractivity contribution in [1.29, 1.82) is 0 Å². The minimum absolute atomic E-state index is 0.00499. The molecule has 2 aromatic carbocycles. The molecule has 0 saturated carbocycles. The van der Waals surface area contributed by atoms with Crippen LogP contribution in [0.15, 0.2) is 48.7 Å². The summed E-state index contributed by atoms with van der Waals surface area (Å²) in [6, 6.07) is 11.9. The van der Waals surface area contributed by atoms with Gasteiger partial charge in [0.1, 0.15) is 7.11 Å². The van der Waals surface area contributed by atoms with Crippen molar-refractivity contribution in [3.05, 3.63) is 58.8 Å². The number of aromatic nitrogens is 1. The summed E-state index contributed by atoms with van der Waals surface area (Å²) in [7, 11) is 1.52. The molecule has 1 aromatic heterocycles. The number of hydrogen-bond acceptors (Lipinski definition) is 4. The molecule has 7 nitrogen and oxygen atoms in total. The third-order valence-electron chi connectivity index (χ3n) is 3.69. The maximum absolute atomic E-state index is 11.4. The molecule has 0 aliphatic carbocycles. The van der Waals surface area contributed by atoms with Crippen LogP contribution < -0.4 is 10.2 Å². The highest BCUT2D eigenvalue weighted by Gasteiger charge is 2.17. The number of benzene rings is 2. The minimum atomic E-state index is -0.437. The summed E-state index contributed by atoms with van der Waals surface area (Å²) >= 11 is 0. The fourth-order valence-electron chi connectivity index (χ4n) is 2.68. The molecule has 0 saturated heterocycles. The highest BCUT2D eigenvalue weighted by molar-refractivity contribution is 6.02. The van der Waals surface area contributed by atoms with Crippen molar-refractivity contribution in [2.24, 2.45) is 0 Å². The molecule has 3 rings (SSSR count). The molecule has 0 aliphatic heterocycles. The zero-order valence-corrected chi connectivity index (χ0v) is 13.1. The summed E-state index contributed by atoms with van der Waals surface area (Å²) in [4.78, 5) is 27.4. The Morgan fingerprint density at radius 3 is 2.62 bits per heavy atom. The average molecular weight is 325 g/mol. The molecule has 122 valence electrons. The fraction of sp³-hybridized carbons (Fsp3) is 0.118. The number of non-ortho nitro benzene ring substituents is 1. The van der Waals surface area contributed by atoms with Gasteiger partial charge in [-0.05, 0) is 12.1 Å². The van der Waals surface area contributed by atoms with Gasteiger partial charge in [-0.3, -0.25) is 14.9 Å². The van der Waals surface area contributed by atoms with Gasteiger partial charge in [0.2, 0.25) is 5.91 Å². The molecule has 1 amide bonds. The summed E-state index contributed by atoms with van der Waals surface area (Å²) in [6.07, 6.45) is 1.75. The highest BCUT2D eigenvalue weighted by Crippen LogP contribution is 2.36. The first-order valence-electron chi connectivity index (χ1n) is 7.22. The molecule has 24 heavy (non-hydrogen) atoms. The number of carbonyl (C=O) groups is 1. The highest BCUT2D eigenvalue weighted by atomic mass is 16.6. The third kappa shape index (κ3) is 2.67. The predicted octanol–water partition coefficient (Wildman–Crippen LogP) is 3.23. The van der Waals surface area contributed by atoms with Gasteiger partial charge < -0.3 is 10.2 Å². The minimum Gasteiger partial charge on any atom is -0.417 e. The van der Waals surface area contributed by atoms with Crippen molar-refractivity contribution < 1.29 is 14.6 Å². The number of amides is 1. The second-order valence-corrected chi connectivity index (χ2v) is 5.24. The maximum atomic E-state index is 11.4. The van der Waals surface area contributed by atoms with E-state index in [1.165, 1.54) is 26.2 Å². The van der Waals surface area contributed by atoms with Crippen molar-refractivity contribution in [2.75, 3.05) is 12.4 Å². The number of nitrogens with one attached hydrogen (secondary N) is 1. The van der Waals surface area contributed by atoms with Crippen LogP contribution in [0.1, 0.15) is 6.92 Å². The Morgan fingerprint density at radius 2 is 1.96 bits per heavy atom. The molecule has 1 heterocycles. The van der Waals surface area contributed by atoms with E-state index < -0.39 is 4.92 Å². The van der Waals surface area contributed by atoms with Crippen LogP contribution >= 0.6 is 0 Å². The fourth-order valence-corrected chi connectivity index (χ4v) is 2.68. The first kappa shape index (κ1) is 15.5. The van der Waals surface area contributed by atoms with Gasteiger partial charge in [-0.15, -0.1) is 0 Å². The lowest BCUT2D eigenvalue weighted by molar-refractivity contribution is -0.384. The largest absolute Gasteiger partial charge is 0.417 e. The van der Waals surface area contributed by atoms with Crippen molar-refractivity contribution in [2.45, 2.75) is 6.92 Å². The van der Waals surface area contributed by atoms with E-state index in [-0.39, 0.29) is 11.6 Å². The quantitative estimate of drug-likeness (QED) is 0.589. The topological polar surface area (TPSA) is 86.4 Å². The normalized spacial score (nSPS) is 10.6. The number of nitrogens with zero attached hydrogens (tertiary/aromatic N) is 2. The Morgan fingerprint density at radius 1 is 1.21 bits per heavy atom. The molecular formula is C17H15N3O4. The average Bonchev–Trinajstić information content (AvgIpc) is 2.92. The summed E-state index contributed by atoms with van der Waals surface area (Å²) in [5.74, 6) is -0.191. The van der Waals surface area contributed by atoms with Crippen molar-refractivity contribution >= 4 is 28.2 Å². The number of nitro groups is 1. The van der Waals surface area contributed by atoms with E-state index in [1.807, 2.05) is 18.2 Å². The van der Waals surface area contributed by atoms with Crippen LogP contribution in [0.2, 0.25) is 0 Å². The van der Waals surface area contributed by atoms with Gasteiger partial charge in [0, 0.05) is 41.3 Å². The maximum Gasteiger partial charge on any atom is 0.270 e. The predicted molar refractivity (Wildman–Crippen MR) is 90.8 cm³/mol. The molecule has 0 fully saturated rings. The van der Waals surface area contributed by atoms with Crippen molar-refractivity contribution in [1.82, 2.24) is 4.73 Å². The van der Waals surface area contributed by atoms with Crippen LogP contribution in [0.4, 0.5) is 11.4 Å². The standard InChI is InChI=1S/C17H15N3O4/c1-11(21)18-16-6-4-3-5-13(16)15-10-19(24-2)17-8-7-12(20(22)23)9-14(15)17/h3-10H,1-2H3,(H,18,21). The first-order valence-corrected chi connectivity index (χ1v) is 7.22. The smallest absolute Gasteiger partial charge is 0.270 e. The van der Waals surface area contributed by atoms with Crippen LogP contribution in [0.5, 0.6) is 0 Å². The lowest BCUT2D eigenvalue weighted by Crippen LogP contribution is -2.06. The Balaban J connectivity index is 2.28. The summed E-state index contributed by atoms with van der Waals surface area (Å²) in [6.45, 7) is 1.43. The zero-order chi connectivity index (χ0) is 17.3. The Hall–Kier alpha value is -3.35. The van der Waals surface area contributed by atoms with Gasteiger partial charge in [-0.25, -0.2) is 0 Å². The molecule has 0 spiro atoms. The summed E-state index contributed by atoms with van der Waals surface area (Å²) in [5, 5.41) is 14.5. The van der Waals surface area contributed by atoms with Gasteiger partial charge in [-0.2, -0.15) is 4.73 Å². The van der Waals surface area contributed by atoms with E-state index in [2.05, 4.69) is 5.32 Å². The number of para-hydroxylation sites is 1. The van der Waals surface area contributed by atoms with E-state index >= 15 is 0 Å². The first-order chi connectivity index (χ1) is 11.5. The van der Waals surface area contributed by atoms with Gasteiger partial charge in [-0.1, -0.05) is 18.2 Å². The SMILES string of the molecule is COn1cc(-c2ccccc2NC(C)=O)c2cc([N+](=O)[O-])ccc21. The van der Waals surface area contributed by atoms with Gasteiger partial charge in [0.05, 0.1) is 16.6 Å². The molecular weight excluding hydrogens is 310 g/mol. The molecule has 0 radical (unpaired) electrons. The van der Waals surface area contributed by atoms with Crippen molar-refractivity contribution in [3.8, 4) is 11.1 Å². The molecule has 0 aliphatic rings. The monoisotopic (exact) mass is 325 g/mol. The van der Waals surface area contributed by atoms with Crippen LogP contribution in [-0.4, -0.2) is 22.7 Å². The van der Waals surface area contributed by atoms with Gasteiger partial charge in [0.15, 0.2) is 0 Å². The lowest BCUT2D eigenvalue weighted by Gasteiger charge is -2.08. The summed E-state index contributed by atoms with van der Waals surface area (Å²) < 4.78 is 1.54. The third-order valence-corrected chi connectivity index (χ3v) is 3.69. The summed E-state index contributed by atoms with van der Waals surface area (Å²) in [5.41, 5.74) is 2.82. The molecule has 1 N–H and O–H groups in total. The van der Waals surface area contributed by atoms with E-state index in [9.17, 15) is 14.9 Å². The molecule has 0 bridgehead atoms. The van der Waals surface area contributed by atoms with Crippen LogP contribution in [-0.2, 0) is 4.79 Å². The van der Waals surface area contributed by atoms with E-state index in [0.717, 1.165) is 11.1 Å². The van der Waals surface area contributed by atoms with E-state index in [1.54, 1.807) is 23.1 Å². The number of rotatable bonds is 4. The van der Waals surface area contributed by atoms with Gasteiger partial charge in [0.25, 0.3) is 5.69 Å². The van der Waals surface area contributed by atoms with Crippen molar-refractivity contribution in [3.63, 3.8) is 0 Å². The van der Waals surface area contributed by atoms with E-state index in [4.69, 9.17) is 4.84 Å². The lowest BCUT2D eigenvalue weighted by atomic mass is 10.0. The molecule has 3 aromatic rings. The Labute approximate surface area is 137 Å². The zero-order valence-electron chi connectivity index (χ0n) is 13.1. The van der Waals surface area contributed by atoms with Crippen LogP contribution in [0.3, 0.4) is 0 Å². The molecule has 0 atom stereocenters. The molecule has 0 unspecified atom stereocenters. The second-order valence-electron chi connectivity index (χ2n) is 5.24. The number of nitro benzene ring substituents is 1. The van der Waals surface area contributed by atoms with Crippen LogP contribution in [0.25, 0.3) is 22.0 Å². The second kappa shape index (κ2) is 6.04. The number of fused-ring (bicyclic) bond motifs is 1. The number of hydrogen-bond donors (Lipinski definition) is 1. The Bertz CT molecular complexity index is 946. The number of anilines is 1. The Kier molecular flexibility index (Phi) is 3.91. The number of carbonyl (C=O) groups excluding carboxylic acids is 1. The van der Waals surface area contributed by atoms with E-state index in [0.29, 0.717) is 16.6 Å². The van der Waals surface area contributed by atoms with Gasteiger partial charge >= 0.3 is 0 Å². The van der Waals surface area contributed by atoms with Crippen LogP contribution in [0, 0.1) is 10.1 Å². The molecule has 7 heteroatoms.